The number of benzene rings is 3. The van der Waals surface area contributed by atoms with E-state index in [1.807, 2.05) is 37.3 Å². The van der Waals surface area contributed by atoms with Gasteiger partial charge in [0.15, 0.2) is 0 Å². The summed E-state index contributed by atoms with van der Waals surface area (Å²) < 4.78 is 11.3. The number of carbonyl (C=O) groups is 2. The fourth-order valence-corrected chi connectivity index (χ4v) is 4.72. The van der Waals surface area contributed by atoms with Crippen molar-refractivity contribution in [2.45, 2.75) is 26.1 Å². The number of hydrogen-bond acceptors (Lipinski definition) is 6. The first-order chi connectivity index (χ1) is 18.9. The van der Waals surface area contributed by atoms with E-state index in [4.69, 9.17) is 9.47 Å². The van der Waals surface area contributed by atoms with E-state index < -0.39 is 17.7 Å². The molecule has 0 radical (unpaired) electrons. The first kappa shape index (κ1) is 25.7. The predicted molar refractivity (Wildman–Crippen MR) is 147 cm³/mol. The van der Waals surface area contributed by atoms with Crippen molar-refractivity contribution in [2.75, 3.05) is 7.11 Å². The minimum absolute atomic E-state index is 0.0190. The Balaban J connectivity index is 1.48. The molecule has 7 heteroatoms. The third-order valence-corrected chi connectivity index (χ3v) is 6.64. The van der Waals surface area contributed by atoms with Gasteiger partial charge in [0.05, 0.1) is 18.7 Å². The molecule has 1 aromatic heterocycles. The third kappa shape index (κ3) is 5.52. The number of carbonyl (C=O) groups excluding carboxylic acids is 2. The zero-order chi connectivity index (χ0) is 27.4. The van der Waals surface area contributed by atoms with Gasteiger partial charge < -0.3 is 19.5 Å². The summed E-state index contributed by atoms with van der Waals surface area (Å²) in [6.07, 6.45) is 3.29. The summed E-state index contributed by atoms with van der Waals surface area (Å²) in [4.78, 5) is 32.2. The Hall–Kier alpha value is -4.91. The summed E-state index contributed by atoms with van der Waals surface area (Å²) in [6.45, 7) is 2.59. The Morgan fingerprint density at radius 3 is 2.41 bits per heavy atom. The van der Waals surface area contributed by atoms with Crippen molar-refractivity contribution in [3.05, 3.63) is 131 Å². The molecule has 5 rings (SSSR count). The molecular formula is C32H28N2O5. The highest BCUT2D eigenvalue weighted by molar-refractivity contribution is 6.46. The first-order valence-electron chi connectivity index (χ1n) is 12.5. The molecule has 7 nitrogen and oxygen atoms in total. The van der Waals surface area contributed by atoms with E-state index in [0.29, 0.717) is 29.2 Å². The standard InChI is InChI=1S/C32H28N2O5/c1-21-6-3-7-22(16-21)20-39-26-13-11-24(12-14-26)30(35)28-29(25-9-4-10-27(17-25)38-2)34(32(37)31(28)36)19-23-8-5-15-33-18-23/h3-18,29,35H,19-20H2,1-2H3. The Morgan fingerprint density at radius 2 is 1.69 bits per heavy atom. The lowest BCUT2D eigenvalue weighted by Crippen LogP contribution is -2.29. The maximum Gasteiger partial charge on any atom is 0.295 e. The van der Waals surface area contributed by atoms with Crippen molar-refractivity contribution in [2.24, 2.45) is 0 Å². The minimum atomic E-state index is -0.808. The number of nitrogens with zero attached hydrogens (tertiary/aromatic N) is 2. The molecule has 0 saturated carbocycles. The van der Waals surface area contributed by atoms with E-state index in [1.165, 1.54) is 4.90 Å². The van der Waals surface area contributed by atoms with E-state index in [2.05, 4.69) is 11.1 Å². The molecule has 1 amide bonds. The zero-order valence-electron chi connectivity index (χ0n) is 21.7. The number of pyridine rings is 1. The molecule has 1 fully saturated rings. The molecule has 0 aliphatic carbocycles. The van der Waals surface area contributed by atoms with Gasteiger partial charge in [0.25, 0.3) is 11.7 Å². The smallest absolute Gasteiger partial charge is 0.295 e. The average molecular weight is 521 g/mol. The van der Waals surface area contributed by atoms with Crippen LogP contribution >= 0.6 is 0 Å². The number of ether oxygens (including phenoxy) is 2. The van der Waals surface area contributed by atoms with Gasteiger partial charge >= 0.3 is 0 Å². The van der Waals surface area contributed by atoms with Gasteiger partial charge in [-0.15, -0.1) is 0 Å². The molecule has 1 unspecified atom stereocenters. The normalized spacial score (nSPS) is 16.4. The fourth-order valence-electron chi connectivity index (χ4n) is 4.72. The summed E-state index contributed by atoms with van der Waals surface area (Å²) >= 11 is 0. The van der Waals surface area contributed by atoms with Crippen LogP contribution in [0, 0.1) is 6.92 Å². The molecule has 1 N–H and O–H groups in total. The summed E-state index contributed by atoms with van der Waals surface area (Å²) in [7, 11) is 1.55. The van der Waals surface area contributed by atoms with Gasteiger partial charge in [-0.05, 0) is 66.1 Å². The first-order valence-corrected chi connectivity index (χ1v) is 12.5. The number of aromatic nitrogens is 1. The number of rotatable bonds is 8. The second-order valence-electron chi connectivity index (χ2n) is 9.37. The topological polar surface area (TPSA) is 89.0 Å². The second kappa shape index (κ2) is 11.2. The van der Waals surface area contributed by atoms with Crippen LogP contribution in [0.1, 0.15) is 33.9 Å². The Bertz CT molecular complexity index is 1530. The van der Waals surface area contributed by atoms with E-state index in [0.717, 1.165) is 16.7 Å². The van der Waals surface area contributed by atoms with E-state index in [9.17, 15) is 14.7 Å². The Labute approximate surface area is 227 Å². The monoisotopic (exact) mass is 520 g/mol. The average Bonchev–Trinajstić information content (AvgIpc) is 3.21. The van der Waals surface area contributed by atoms with Gasteiger partial charge in [-0.25, -0.2) is 0 Å². The molecule has 1 saturated heterocycles. The van der Waals surface area contributed by atoms with Crippen molar-refractivity contribution in [3.8, 4) is 11.5 Å². The summed E-state index contributed by atoms with van der Waals surface area (Å²) in [6, 6.07) is 24.8. The van der Waals surface area contributed by atoms with Gasteiger partial charge in [0, 0.05) is 24.5 Å². The number of ketones is 1. The number of aryl methyl sites for hydroxylation is 1. The second-order valence-corrected chi connectivity index (χ2v) is 9.37. The maximum atomic E-state index is 13.3. The molecular weight excluding hydrogens is 492 g/mol. The molecule has 39 heavy (non-hydrogen) atoms. The van der Waals surface area contributed by atoms with Crippen LogP contribution < -0.4 is 9.47 Å². The van der Waals surface area contributed by atoms with Crippen LogP contribution in [0.25, 0.3) is 5.76 Å². The highest BCUT2D eigenvalue weighted by atomic mass is 16.5. The van der Waals surface area contributed by atoms with Crippen LogP contribution in [0.2, 0.25) is 0 Å². The van der Waals surface area contributed by atoms with Crippen LogP contribution in [0.4, 0.5) is 0 Å². The zero-order valence-corrected chi connectivity index (χ0v) is 21.7. The largest absolute Gasteiger partial charge is 0.507 e. The van der Waals surface area contributed by atoms with Gasteiger partial charge in [-0.3, -0.25) is 14.6 Å². The number of Topliss-reactive ketones (excluding diaryl/α,β-unsaturated/α-hetero) is 1. The van der Waals surface area contributed by atoms with Crippen LogP contribution in [0.15, 0.2) is 103 Å². The molecule has 4 aromatic rings. The Kier molecular flexibility index (Phi) is 7.41. The van der Waals surface area contributed by atoms with Crippen molar-refractivity contribution in [3.63, 3.8) is 0 Å². The van der Waals surface area contributed by atoms with Crippen molar-refractivity contribution >= 4 is 17.4 Å². The maximum absolute atomic E-state index is 13.3. The lowest BCUT2D eigenvalue weighted by Gasteiger charge is -2.25. The highest BCUT2D eigenvalue weighted by Crippen LogP contribution is 2.41. The predicted octanol–water partition coefficient (Wildman–Crippen LogP) is 5.60. The van der Waals surface area contributed by atoms with Gasteiger partial charge in [-0.1, -0.05) is 48.0 Å². The van der Waals surface area contributed by atoms with Gasteiger partial charge in [0.2, 0.25) is 0 Å². The minimum Gasteiger partial charge on any atom is -0.507 e. The van der Waals surface area contributed by atoms with E-state index in [1.54, 1.807) is 68.0 Å². The number of methoxy groups -OCH3 is 1. The van der Waals surface area contributed by atoms with Crippen LogP contribution in [-0.4, -0.2) is 33.8 Å². The van der Waals surface area contributed by atoms with Gasteiger partial charge in [-0.2, -0.15) is 0 Å². The summed E-state index contributed by atoms with van der Waals surface area (Å²) in [5.41, 5.74) is 4.05. The quantitative estimate of drug-likeness (QED) is 0.185. The lowest BCUT2D eigenvalue weighted by molar-refractivity contribution is -0.140. The number of amides is 1. The van der Waals surface area contributed by atoms with Crippen LogP contribution in [0.3, 0.4) is 0 Å². The third-order valence-electron chi connectivity index (χ3n) is 6.64. The fraction of sp³-hybridized carbons (Fsp3) is 0.156. The van der Waals surface area contributed by atoms with Crippen LogP contribution in [-0.2, 0) is 22.7 Å². The highest BCUT2D eigenvalue weighted by Gasteiger charge is 2.46. The molecule has 2 heterocycles. The van der Waals surface area contributed by atoms with Crippen molar-refractivity contribution < 1.29 is 24.2 Å². The van der Waals surface area contributed by atoms with Crippen LogP contribution in [0.5, 0.6) is 11.5 Å². The molecule has 3 aromatic carbocycles. The number of aliphatic hydroxyl groups is 1. The number of likely N-dealkylation sites (tertiary alicyclic amines) is 1. The molecule has 1 atom stereocenters. The molecule has 0 bridgehead atoms. The number of hydrogen-bond donors (Lipinski definition) is 1. The Morgan fingerprint density at radius 1 is 0.923 bits per heavy atom. The number of aliphatic hydroxyl groups excluding tert-OH is 1. The summed E-state index contributed by atoms with van der Waals surface area (Å²) in [5, 5.41) is 11.4. The van der Waals surface area contributed by atoms with E-state index in [-0.39, 0.29) is 17.9 Å². The summed E-state index contributed by atoms with van der Waals surface area (Å²) in [5.74, 6) is -0.487. The molecule has 196 valence electrons. The lowest BCUT2D eigenvalue weighted by atomic mass is 9.95. The molecule has 1 aliphatic heterocycles. The van der Waals surface area contributed by atoms with Crippen molar-refractivity contribution in [1.29, 1.82) is 0 Å². The van der Waals surface area contributed by atoms with Gasteiger partial charge in [0.1, 0.15) is 23.9 Å². The molecule has 1 aliphatic rings. The van der Waals surface area contributed by atoms with E-state index >= 15 is 0 Å². The van der Waals surface area contributed by atoms with Crippen molar-refractivity contribution in [1.82, 2.24) is 9.88 Å². The SMILES string of the molecule is COc1cccc(C2C(=C(O)c3ccc(OCc4cccc(C)c4)cc3)C(=O)C(=O)N2Cc2cccnc2)c1. The molecule has 0 spiro atoms.